The van der Waals surface area contributed by atoms with E-state index in [0.29, 0.717) is 5.56 Å². The van der Waals surface area contributed by atoms with Crippen molar-refractivity contribution in [2.24, 2.45) is 5.73 Å². The molecule has 0 aromatic heterocycles. The van der Waals surface area contributed by atoms with Gasteiger partial charge in [0.15, 0.2) is 0 Å². The van der Waals surface area contributed by atoms with Gasteiger partial charge in [0.1, 0.15) is 11.6 Å². The molecular formula is C12H16N2O3. The standard InChI is InChI=1S/C12H16N2O3/c1-12(2,11(16)17)14-10(15)9(13)8-6-4-3-5-7-8/h3-7,9H,13H2,1-2H3,(H,14,15)(H,16,17)/t9-/m1/s1. The Morgan fingerprint density at radius 1 is 1.29 bits per heavy atom. The third-order valence-corrected chi connectivity index (χ3v) is 2.41. The zero-order chi connectivity index (χ0) is 13.1. The van der Waals surface area contributed by atoms with Crippen LogP contribution in [-0.2, 0) is 9.59 Å². The Balaban J connectivity index is 2.75. The van der Waals surface area contributed by atoms with Gasteiger partial charge < -0.3 is 16.2 Å². The highest BCUT2D eigenvalue weighted by Gasteiger charge is 2.31. The number of carboxylic acids is 1. The molecule has 0 saturated heterocycles. The number of nitrogens with one attached hydrogen (secondary N) is 1. The summed E-state index contributed by atoms with van der Waals surface area (Å²) in [5, 5.41) is 11.3. The molecule has 0 radical (unpaired) electrons. The quantitative estimate of drug-likeness (QED) is 0.716. The average molecular weight is 236 g/mol. The summed E-state index contributed by atoms with van der Waals surface area (Å²) in [5.41, 5.74) is 5.06. The molecule has 0 fully saturated rings. The Morgan fingerprint density at radius 3 is 2.29 bits per heavy atom. The van der Waals surface area contributed by atoms with E-state index in [-0.39, 0.29) is 0 Å². The zero-order valence-electron chi connectivity index (χ0n) is 9.81. The summed E-state index contributed by atoms with van der Waals surface area (Å²) >= 11 is 0. The Morgan fingerprint density at radius 2 is 1.82 bits per heavy atom. The second kappa shape index (κ2) is 4.97. The summed E-state index contributed by atoms with van der Waals surface area (Å²) in [6, 6.07) is 7.93. The van der Waals surface area contributed by atoms with Crippen molar-refractivity contribution in [3.05, 3.63) is 35.9 Å². The van der Waals surface area contributed by atoms with Crippen LogP contribution in [0.3, 0.4) is 0 Å². The van der Waals surface area contributed by atoms with Crippen molar-refractivity contribution in [3.63, 3.8) is 0 Å². The second-order valence-corrected chi connectivity index (χ2v) is 4.31. The van der Waals surface area contributed by atoms with Crippen molar-refractivity contribution < 1.29 is 14.7 Å². The van der Waals surface area contributed by atoms with E-state index in [2.05, 4.69) is 5.32 Å². The van der Waals surface area contributed by atoms with Crippen LogP contribution in [0.5, 0.6) is 0 Å². The Kier molecular flexibility index (Phi) is 3.85. The summed E-state index contributed by atoms with van der Waals surface area (Å²) in [5.74, 6) is -1.62. The average Bonchev–Trinajstić information content (AvgIpc) is 2.28. The Hall–Kier alpha value is -1.88. The highest BCUT2D eigenvalue weighted by molar-refractivity contribution is 5.89. The molecule has 5 nitrogen and oxygen atoms in total. The van der Waals surface area contributed by atoms with Crippen LogP contribution in [-0.4, -0.2) is 22.5 Å². The van der Waals surface area contributed by atoms with Gasteiger partial charge in [-0.05, 0) is 19.4 Å². The van der Waals surface area contributed by atoms with E-state index in [1.54, 1.807) is 24.3 Å². The predicted molar refractivity (Wildman–Crippen MR) is 63.2 cm³/mol. The van der Waals surface area contributed by atoms with Crippen LogP contribution >= 0.6 is 0 Å². The number of hydrogen-bond acceptors (Lipinski definition) is 3. The zero-order valence-corrected chi connectivity index (χ0v) is 9.81. The first kappa shape index (κ1) is 13.2. The van der Waals surface area contributed by atoms with E-state index in [0.717, 1.165) is 0 Å². The van der Waals surface area contributed by atoms with Crippen LogP contribution in [0.2, 0.25) is 0 Å². The van der Waals surface area contributed by atoms with Crippen molar-refractivity contribution in [3.8, 4) is 0 Å². The predicted octanol–water partition coefficient (Wildman–Crippen LogP) is 0.666. The lowest BCUT2D eigenvalue weighted by atomic mass is 10.0. The molecule has 1 amide bonds. The molecule has 5 heteroatoms. The fourth-order valence-corrected chi connectivity index (χ4v) is 1.25. The van der Waals surface area contributed by atoms with Crippen molar-refractivity contribution >= 4 is 11.9 Å². The lowest BCUT2D eigenvalue weighted by molar-refractivity contribution is -0.146. The minimum Gasteiger partial charge on any atom is -0.480 e. The van der Waals surface area contributed by atoms with Gasteiger partial charge in [-0.15, -0.1) is 0 Å². The van der Waals surface area contributed by atoms with Crippen LogP contribution in [0.25, 0.3) is 0 Å². The van der Waals surface area contributed by atoms with Crippen LogP contribution in [0.4, 0.5) is 0 Å². The van der Waals surface area contributed by atoms with Gasteiger partial charge in [0.25, 0.3) is 0 Å². The molecule has 17 heavy (non-hydrogen) atoms. The number of aliphatic carboxylic acids is 1. The van der Waals surface area contributed by atoms with Gasteiger partial charge >= 0.3 is 5.97 Å². The normalized spacial score (nSPS) is 12.9. The minimum absolute atomic E-state index is 0.511. The first-order valence-electron chi connectivity index (χ1n) is 5.20. The maximum atomic E-state index is 11.8. The molecule has 0 aliphatic heterocycles. The van der Waals surface area contributed by atoms with Crippen LogP contribution in [0.15, 0.2) is 30.3 Å². The molecule has 0 aliphatic carbocycles. The SMILES string of the molecule is CC(C)(NC(=O)[C@H](N)c1ccccc1)C(=O)O. The monoisotopic (exact) mass is 236 g/mol. The summed E-state index contributed by atoms with van der Waals surface area (Å²) in [6.45, 7) is 2.82. The fraction of sp³-hybridized carbons (Fsp3) is 0.333. The molecule has 0 bridgehead atoms. The highest BCUT2D eigenvalue weighted by atomic mass is 16.4. The van der Waals surface area contributed by atoms with Gasteiger partial charge in [0.2, 0.25) is 5.91 Å². The Bertz CT molecular complexity index is 415. The number of carbonyl (C=O) groups is 2. The number of amides is 1. The van der Waals surface area contributed by atoms with E-state index in [1.165, 1.54) is 13.8 Å². The number of nitrogens with two attached hydrogens (primary N) is 1. The third kappa shape index (κ3) is 3.29. The van der Waals surface area contributed by atoms with Gasteiger partial charge in [-0.1, -0.05) is 30.3 Å². The maximum Gasteiger partial charge on any atom is 0.328 e. The summed E-state index contributed by atoms with van der Waals surface area (Å²) in [4.78, 5) is 22.6. The summed E-state index contributed by atoms with van der Waals surface area (Å²) < 4.78 is 0. The molecule has 4 N–H and O–H groups in total. The number of rotatable bonds is 4. The lowest BCUT2D eigenvalue weighted by Crippen LogP contribution is -2.52. The van der Waals surface area contributed by atoms with E-state index in [1.807, 2.05) is 6.07 Å². The van der Waals surface area contributed by atoms with Crippen molar-refractivity contribution in [1.82, 2.24) is 5.32 Å². The summed E-state index contributed by atoms with van der Waals surface area (Å²) in [6.07, 6.45) is 0. The van der Waals surface area contributed by atoms with Gasteiger partial charge in [-0.3, -0.25) is 4.79 Å². The summed E-state index contributed by atoms with van der Waals surface area (Å²) in [7, 11) is 0. The molecular weight excluding hydrogens is 220 g/mol. The van der Waals surface area contributed by atoms with Gasteiger partial charge in [0.05, 0.1) is 0 Å². The molecule has 1 aromatic carbocycles. The van der Waals surface area contributed by atoms with Gasteiger partial charge in [0, 0.05) is 0 Å². The molecule has 0 heterocycles. The third-order valence-electron chi connectivity index (χ3n) is 2.41. The molecule has 0 aliphatic rings. The van der Waals surface area contributed by atoms with Gasteiger partial charge in [-0.25, -0.2) is 4.79 Å². The van der Waals surface area contributed by atoms with E-state index < -0.39 is 23.5 Å². The number of hydrogen-bond donors (Lipinski definition) is 3. The molecule has 1 atom stereocenters. The van der Waals surface area contributed by atoms with E-state index >= 15 is 0 Å². The van der Waals surface area contributed by atoms with Crippen molar-refractivity contribution in [2.45, 2.75) is 25.4 Å². The highest BCUT2D eigenvalue weighted by Crippen LogP contribution is 2.11. The first-order chi connectivity index (χ1) is 7.84. The molecule has 1 aromatic rings. The van der Waals surface area contributed by atoms with Crippen molar-refractivity contribution in [2.75, 3.05) is 0 Å². The maximum absolute atomic E-state index is 11.8. The van der Waals surface area contributed by atoms with E-state index in [9.17, 15) is 9.59 Å². The van der Waals surface area contributed by atoms with Crippen LogP contribution in [0.1, 0.15) is 25.5 Å². The molecule has 0 saturated carbocycles. The van der Waals surface area contributed by atoms with Crippen LogP contribution in [0, 0.1) is 0 Å². The van der Waals surface area contributed by atoms with Crippen molar-refractivity contribution in [1.29, 1.82) is 0 Å². The molecule has 0 unspecified atom stereocenters. The molecule has 92 valence electrons. The molecule has 1 rings (SSSR count). The van der Waals surface area contributed by atoms with E-state index in [4.69, 9.17) is 10.8 Å². The first-order valence-corrected chi connectivity index (χ1v) is 5.20. The smallest absolute Gasteiger partial charge is 0.328 e. The second-order valence-electron chi connectivity index (χ2n) is 4.31. The van der Waals surface area contributed by atoms with Crippen LogP contribution < -0.4 is 11.1 Å². The van der Waals surface area contributed by atoms with Gasteiger partial charge in [-0.2, -0.15) is 0 Å². The minimum atomic E-state index is -1.33. The number of benzene rings is 1. The topological polar surface area (TPSA) is 92.4 Å². The Labute approximate surface area is 99.6 Å². The number of carbonyl (C=O) groups excluding carboxylic acids is 1. The largest absolute Gasteiger partial charge is 0.480 e. The fourth-order valence-electron chi connectivity index (χ4n) is 1.25. The number of carboxylic acid groups (broad SMARTS) is 1. The lowest BCUT2D eigenvalue weighted by Gasteiger charge is -2.23. The molecule has 0 spiro atoms.